The number of hydrogen-bond donors (Lipinski definition) is 1. The van der Waals surface area contributed by atoms with Crippen LogP contribution in [0.25, 0.3) is 0 Å². The number of rotatable bonds is 2. The van der Waals surface area contributed by atoms with E-state index in [1.165, 1.54) is 5.56 Å². The van der Waals surface area contributed by atoms with Crippen molar-refractivity contribution < 1.29 is 9.84 Å². The summed E-state index contributed by atoms with van der Waals surface area (Å²) in [5.74, 6) is 0. The monoisotopic (exact) mass is 236 g/mol. The highest BCUT2D eigenvalue weighted by molar-refractivity contribution is 7.07. The van der Waals surface area contributed by atoms with Crippen LogP contribution in [0, 0.1) is 0 Å². The number of fused-ring (bicyclic) bond motifs is 1. The van der Waals surface area contributed by atoms with Gasteiger partial charge in [-0.25, -0.2) is 0 Å². The maximum atomic E-state index is 9.02. The number of nitrogens with zero attached hydrogens (tertiary/aromatic N) is 2. The van der Waals surface area contributed by atoms with E-state index in [9.17, 15) is 0 Å². The van der Waals surface area contributed by atoms with E-state index in [1.54, 1.807) is 11.3 Å². The molecule has 4 nitrogen and oxygen atoms in total. The van der Waals surface area contributed by atoms with E-state index >= 15 is 0 Å². The van der Waals surface area contributed by atoms with Gasteiger partial charge in [0.05, 0.1) is 31.1 Å². The van der Waals surface area contributed by atoms with E-state index < -0.39 is 0 Å². The summed E-state index contributed by atoms with van der Waals surface area (Å²) in [6, 6.07) is 3.97. The Kier molecular flexibility index (Phi) is 2.51. The molecule has 3 rings (SSSR count). The Morgan fingerprint density at radius 1 is 1.62 bits per heavy atom. The van der Waals surface area contributed by atoms with Crippen LogP contribution in [0.2, 0.25) is 0 Å². The predicted molar refractivity (Wildman–Crippen MR) is 60.0 cm³/mol. The van der Waals surface area contributed by atoms with Crippen LogP contribution in [0.3, 0.4) is 0 Å². The molecule has 1 aliphatic rings. The Hall–Kier alpha value is -1.17. The normalized spacial score (nSPS) is 19.7. The van der Waals surface area contributed by atoms with Crippen LogP contribution in [0.4, 0.5) is 0 Å². The summed E-state index contributed by atoms with van der Waals surface area (Å²) in [6.07, 6.45) is 0.0881. The highest BCUT2D eigenvalue weighted by atomic mass is 32.1. The third-order valence-corrected chi connectivity index (χ3v) is 3.46. The lowest BCUT2D eigenvalue weighted by molar-refractivity contribution is -0.000991. The van der Waals surface area contributed by atoms with Gasteiger partial charge < -0.3 is 9.84 Å². The second-order valence-electron chi connectivity index (χ2n) is 3.82. The molecule has 1 aliphatic heterocycles. The van der Waals surface area contributed by atoms with Crippen LogP contribution in [0.15, 0.2) is 22.9 Å². The molecule has 1 atom stereocenters. The van der Waals surface area contributed by atoms with Gasteiger partial charge in [-0.3, -0.25) is 4.68 Å². The van der Waals surface area contributed by atoms with E-state index in [1.807, 2.05) is 10.7 Å². The van der Waals surface area contributed by atoms with Crippen LogP contribution in [-0.4, -0.2) is 14.9 Å². The van der Waals surface area contributed by atoms with Crippen molar-refractivity contribution in [3.63, 3.8) is 0 Å². The molecule has 5 heteroatoms. The molecular formula is C11H12N2O2S. The van der Waals surface area contributed by atoms with Gasteiger partial charge in [-0.2, -0.15) is 16.4 Å². The van der Waals surface area contributed by atoms with E-state index in [0.29, 0.717) is 12.3 Å². The number of hydrogen-bond acceptors (Lipinski definition) is 4. The number of ether oxygens (including phenoxy) is 1. The predicted octanol–water partition coefficient (Wildman–Crippen LogP) is 1.71. The molecule has 0 fully saturated rings. The molecule has 0 aliphatic carbocycles. The summed E-state index contributed by atoms with van der Waals surface area (Å²) >= 11 is 1.67. The fourth-order valence-corrected chi connectivity index (χ4v) is 2.62. The van der Waals surface area contributed by atoms with Gasteiger partial charge in [-0.1, -0.05) is 0 Å². The minimum atomic E-state index is -0.0108. The Bertz CT molecular complexity index is 478. The Morgan fingerprint density at radius 3 is 3.31 bits per heavy atom. The largest absolute Gasteiger partial charge is 0.390 e. The Morgan fingerprint density at radius 2 is 2.56 bits per heavy atom. The van der Waals surface area contributed by atoms with Gasteiger partial charge in [-0.05, 0) is 28.5 Å². The highest BCUT2D eigenvalue weighted by Gasteiger charge is 2.22. The van der Waals surface area contributed by atoms with Crippen molar-refractivity contribution in [2.24, 2.45) is 0 Å². The Balaban J connectivity index is 1.85. The van der Waals surface area contributed by atoms with Crippen molar-refractivity contribution in [2.45, 2.75) is 25.9 Å². The molecule has 0 aromatic carbocycles. The molecule has 0 saturated carbocycles. The second kappa shape index (κ2) is 4.01. The van der Waals surface area contributed by atoms with E-state index in [0.717, 1.165) is 12.2 Å². The molecular weight excluding hydrogens is 224 g/mol. The zero-order chi connectivity index (χ0) is 11.0. The van der Waals surface area contributed by atoms with Crippen molar-refractivity contribution in [1.29, 1.82) is 0 Å². The molecule has 3 heterocycles. The van der Waals surface area contributed by atoms with Crippen molar-refractivity contribution >= 4 is 11.3 Å². The van der Waals surface area contributed by atoms with Crippen molar-refractivity contribution in [2.75, 3.05) is 0 Å². The fraction of sp³-hybridized carbons (Fsp3) is 0.364. The lowest BCUT2D eigenvalue weighted by atomic mass is 10.2. The highest BCUT2D eigenvalue weighted by Crippen LogP contribution is 2.27. The third-order valence-electron chi connectivity index (χ3n) is 2.76. The van der Waals surface area contributed by atoms with Gasteiger partial charge in [0.15, 0.2) is 0 Å². The standard InChI is InChI=1S/C11H12N2O2S/c14-5-9-3-10-6-15-11(4-13(10)12-9)8-1-2-16-7-8/h1-3,7,11,14H,4-6H2/t11-/m1/s1. The van der Waals surface area contributed by atoms with E-state index in [4.69, 9.17) is 9.84 Å². The summed E-state index contributed by atoms with van der Waals surface area (Å²) < 4.78 is 7.70. The molecule has 16 heavy (non-hydrogen) atoms. The van der Waals surface area contributed by atoms with Gasteiger partial charge in [0.2, 0.25) is 0 Å². The summed E-state index contributed by atoms with van der Waals surface area (Å²) in [4.78, 5) is 0. The quantitative estimate of drug-likeness (QED) is 0.863. The zero-order valence-electron chi connectivity index (χ0n) is 8.67. The number of thiophene rings is 1. The van der Waals surface area contributed by atoms with Gasteiger partial charge in [0, 0.05) is 0 Å². The molecule has 84 valence electrons. The van der Waals surface area contributed by atoms with Crippen LogP contribution in [-0.2, 0) is 24.5 Å². The number of aliphatic hydroxyl groups is 1. The summed E-state index contributed by atoms with van der Waals surface area (Å²) in [6.45, 7) is 1.28. The minimum Gasteiger partial charge on any atom is -0.390 e. The summed E-state index contributed by atoms with van der Waals surface area (Å²) in [5.41, 5.74) is 2.96. The maximum absolute atomic E-state index is 9.02. The van der Waals surface area contributed by atoms with Crippen molar-refractivity contribution in [3.8, 4) is 0 Å². The molecule has 0 radical (unpaired) electrons. The minimum absolute atomic E-state index is 0.0108. The molecule has 0 unspecified atom stereocenters. The molecule has 0 spiro atoms. The van der Waals surface area contributed by atoms with Gasteiger partial charge in [-0.15, -0.1) is 0 Å². The number of aromatic nitrogens is 2. The van der Waals surface area contributed by atoms with Crippen LogP contribution >= 0.6 is 11.3 Å². The first-order valence-electron chi connectivity index (χ1n) is 5.17. The summed E-state index contributed by atoms with van der Waals surface area (Å²) in [5, 5.41) is 17.5. The molecule has 0 saturated heterocycles. The van der Waals surface area contributed by atoms with Gasteiger partial charge >= 0.3 is 0 Å². The second-order valence-corrected chi connectivity index (χ2v) is 4.60. The van der Waals surface area contributed by atoms with Crippen molar-refractivity contribution in [3.05, 3.63) is 39.8 Å². The first kappa shape index (κ1) is 10.0. The molecule has 0 amide bonds. The molecule has 2 aromatic rings. The smallest absolute Gasteiger partial charge is 0.103 e. The maximum Gasteiger partial charge on any atom is 0.103 e. The van der Waals surface area contributed by atoms with Crippen molar-refractivity contribution in [1.82, 2.24) is 9.78 Å². The van der Waals surface area contributed by atoms with Crippen LogP contribution in [0.5, 0.6) is 0 Å². The van der Waals surface area contributed by atoms with Gasteiger partial charge in [0.1, 0.15) is 6.10 Å². The third kappa shape index (κ3) is 1.67. The average molecular weight is 236 g/mol. The average Bonchev–Trinajstić information content (AvgIpc) is 2.96. The van der Waals surface area contributed by atoms with E-state index in [2.05, 4.69) is 21.9 Å². The number of aliphatic hydroxyl groups excluding tert-OH is 1. The molecule has 2 aromatic heterocycles. The molecule has 0 bridgehead atoms. The summed E-state index contributed by atoms with van der Waals surface area (Å²) in [7, 11) is 0. The van der Waals surface area contributed by atoms with E-state index in [-0.39, 0.29) is 12.7 Å². The topological polar surface area (TPSA) is 47.3 Å². The lowest BCUT2D eigenvalue weighted by Gasteiger charge is -2.23. The fourth-order valence-electron chi connectivity index (χ4n) is 1.92. The SMILES string of the molecule is OCc1cc2n(n1)C[C@H](c1ccsc1)OC2. The first-order chi connectivity index (χ1) is 7.86. The lowest BCUT2D eigenvalue weighted by Crippen LogP contribution is -2.21. The molecule has 1 N–H and O–H groups in total. The first-order valence-corrected chi connectivity index (χ1v) is 6.11. The van der Waals surface area contributed by atoms with Gasteiger partial charge in [0.25, 0.3) is 0 Å². The van der Waals surface area contributed by atoms with Crippen LogP contribution in [0.1, 0.15) is 23.1 Å². The Labute approximate surface area is 97.1 Å². The zero-order valence-corrected chi connectivity index (χ0v) is 9.48. The van der Waals surface area contributed by atoms with Crippen LogP contribution < -0.4 is 0 Å².